The molecule has 2 N–H and O–H groups in total. The van der Waals surface area contributed by atoms with Crippen LogP contribution in [-0.4, -0.2) is 43.2 Å². The number of nitrogens with two attached hydrogens (primary N) is 1. The molecule has 2 unspecified atom stereocenters. The Hall–Kier alpha value is -0.770. The van der Waals surface area contributed by atoms with E-state index in [2.05, 4.69) is 9.89 Å². The first-order valence-electron chi connectivity index (χ1n) is 4.42. The van der Waals surface area contributed by atoms with E-state index in [1.807, 2.05) is 0 Å². The van der Waals surface area contributed by atoms with E-state index in [-0.39, 0.29) is 0 Å². The van der Waals surface area contributed by atoms with Crippen molar-refractivity contribution in [3.63, 3.8) is 0 Å². The first-order valence-corrected chi connectivity index (χ1v) is 4.42. The van der Waals surface area contributed by atoms with Gasteiger partial charge in [-0.1, -0.05) is 0 Å². The predicted octanol–water partition coefficient (Wildman–Crippen LogP) is -0.206. The molecule has 2 rings (SSSR count). The molecule has 2 saturated heterocycles. The summed E-state index contributed by atoms with van der Waals surface area (Å²) >= 11 is 0. The summed E-state index contributed by atoms with van der Waals surface area (Å²) < 4.78 is 5.67. The summed E-state index contributed by atoms with van der Waals surface area (Å²) in [4.78, 5) is 6.09. The van der Waals surface area contributed by atoms with Crippen molar-refractivity contribution in [1.82, 2.24) is 4.90 Å². The molecule has 4 heteroatoms. The molecule has 2 aliphatic rings. The van der Waals surface area contributed by atoms with Crippen molar-refractivity contribution in [2.75, 3.05) is 20.1 Å². The third-order valence-corrected chi connectivity index (χ3v) is 2.60. The molecule has 0 spiro atoms. The highest BCUT2D eigenvalue weighted by atomic mass is 16.5. The Labute approximate surface area is 72.4 Å². The molecule has 2 fully saturated rings. The van der Waals surface area contributed by atoms with E-state index >= 15 is 0 Å². The second kappa shape index (κ2) is 2.94. The molecule has 2 aliphatic heterocycles. The molecule has 2 atom stereocenters. The van der Waals surface area contributed by atoms with Crippen LogP contribution < -0.4 is 5.73 Å². The maximum Gasteiger partial charge on any atom is 0.191 e. The highest BCUT2D eigenvalue weighted by Gasteiger charge is 2.34. The minimum atomic E-state index is 0.393. The molecule has 2 bridgehead atoms. The molecular formula is C8H15N3O. The molecule has 0 aromatic heterocycles. The summed E-state index contributed by atoms with van der Waals surface area (Å²) in [7, 11) is 1.73. The molecule has 0 radical (unpaired) electrons. The van der Waals surface area contributed by atoms with E-state index < -0.39 is 0 Å². The van der Waals surface area contributed by atoms with Gasteiger partial charge in [0, 0.05) is 20.1 Å². The Morgan fingerprint density at radius 3 is 2.50 bits per heavy atom. The van der Waals surface area contributed by atoms with Crippen LogP contribution in [0.5, 0.6) is 0 Å². The SMILES string of the molecule is CN=C(N)N1CC2CCC(C1)O2. The van der Waals surface area contributed by atoms with Crippen LogP contribution in [0.3, 0.4) is 0 Å². The van der Waals surface area contributed by atoms with Crippen LogP contribution in [0.1, 0.15) is 12.8 Å². The monoisotopic (exact) mass is 169 g/mol. The number of morpholine rings is 1. The molecule has 0 amide bonds. The van der Waals surface area contributed by atoms with Crippen LogP contribution in [-0.2, 0) is 4.74 Å². The van der Waals surface area contributed by atoms with Crippen molar-refractivity contribution < 1.29 is 4.74 Å². The summed E-state index contributed by atoms with van der Waals surface area (Å²) in [5.41, 5.74) is 5.72. The fraction of sp³-hybridized carbons (Fsp3) is 0.875. The lowest BCUT2D eigenvalue weighted by molar-refractivity contribution is -0.0161. The quantitative estimate of drug-likeness (QED) is 0.403. The molecule has 68 valence electrons. The van der Waals surface area contributed by atoms with Crippen molar-refractivity contribution >= 4 is 5.96 Å². The number of aliphatic imine (C=N–C) groups is 1. The van der Waals surface area contributed by atoms with Gasteiger partial charge < -0.3 is 15.4 Å². The molecule has 0 aromatic carbocycles. The van der Waals surface area contributed by atoms with Gasteiger partial charge in [-0.25, -0.2) is 0 Å². The van der Waals surface area contributed by atoms with E-state index in [1.54, 1.807) is 7.05 Å². The summed E-state index contributed by atoms with van der Waals surface area (Å²) in [5, 5.41) is 0. The van der Waals surface area contributed by atoms with Gasteiger partial charge in [-0.05, 0) is 12.8 Å². The van der Waals surface area contributed by atoms with Crippen LogP contribution in [0.4, 0.5) is 0 Å². The second-order valence-electron chi connectivity index (χ2n) is 3.44. The van der Waals surface area contributed by atoms with Crippen LogP contribution in [0, 0.1) is 0 Å². The molecule has 0 aromatic rings. The maximum absolute atomic E-state index is 5.72. The van der Waals surface area contributed by atoms with E-state index in [1.165, 1.54) is 12.8 Å². The number of nitrogens with zero attached hydrogens (tertiary/aromatic N) is 2. The lowest BCUT2D eigenvalue weighted by atomic mass is 10.2. The third kappa shape index (κ3) is 1.27. The van der Waals surface area contributed by atoms with Gasteiger partial charge in [0.1, 0.15) is 0 Å². The van der Waals surface area contributed by atoms with E-state index in [9.17, 15) is 0 Å². The molecule has 4 nitrogen and oxygen atoms in total. The van der Waals surface area contributed by atoms with Gasteiger partial charge in [-0.15, -0.1) is 0 Å². The molecular weight excluding hydrogens is 154 g/mol. The standard InChI is InChI=1S/C8H15N3O/c1-10-8(9)11-4-6-2-3-7(5-11)12-6/h6-7H,2-5H2,1H3,(H2,9,10). The van der Waals surface area contributed by atoms with Crippen molar-refractivity contribution in [3.05, 3.63) is 0 Å². The molecule has 0 aliphatic carbocycles. The van der Waals surface area contributed by atoms with Gasteiger partial charge in [-0.2, -0.15) is 0 Å². The van der Waals surface area contributed by atoms with Gasteiger partial charge in [-0.3, -0.25) is 4.99 Å². The Bertz CT molecular complexity index is 192. The van der Waals surface area contributed by atoms with Crippen molar-refractivity contribution in [1.29, 1.82) is 0 Å². The van der Waals surface area contributed by atoms with Crippen LogP contribution in [0.2, 0.25) is 0 Å². The third-order valence-electron chi connectivity index (χ3n) is 2.60. The second-order valence-corrected chi connectivity index (χ2v) is 3.44. The van der Waals surface area contributed by atoms with Crippen LogP contribution >= 0.6 is 0 Å². The fourth-order valence-corrected chi connectivity index (χ4v) is 1.94. The number of likely N-dealkylation sites (tertiary alicyclic amines) is 1. The number of guanidine groups is 1. The molecule has 2 heterocycles. The van der Waals surface area contributed by atoms with Gasteiger partial charge in [0.2, 0.25) is 0 Å². The summed E-state index contributed by atoms with van der Waals surface area (Å²) in [6.45, 7) is 1.83. The zero-order valence-electron chi connectivity index (χ0n) is 7.36. The van der Waals surface area contributed by atoms with Gasteiger partial charge in [0.05, 0.1) is 12.2 Å². The van der Waals surface area contributed by atoms with Crippen LogP contribution in [0.15, 0.2) is 4.99 Å². The lowest BCUT2D eigenvalue weighted by Crippen LogP contribution is -2.48. The fourth-order valence-electron chi connectivity index (χ4n) is 1.94. The first kappa shape index (κ1) is 7.86. The van der Waals surface area contributed by atoms with E-state index in [0.717, 1.165) is 13.1 Å². The van der Waals surface area contributed by atoms with Crippen LogP contribution in [0.25, 0.3) is 0 Å². The average Bonchev–Trinajstić information content (AvgIpc) is 2.44. The zero-order valence-corrected chi connectivity index (χ0v) is 7.36. The summed E-state index contributed by atoms with van der Waals surface area (Å²) in [6, 6.07) is 0. The van der Waals surface area contributed by atoms with E-state index in [4.69, 9.17) is 10.5 Å². The van der Waals surface area contributed by atoms with Crippen molar-refractivity contribution in [2.24, 2.45) is 10.7 Å². The largest absolute Gasteiger partial charge is 0.371 e. The Balaban J connectivity index is 2.02. The normalized spacial score (nSPS) is 35.8. The first-order chi connectivity index (χ1) is 5.79. The minimum absolute atomic E-state index is 0.393. The number of hydrogen-bond acceptors (Lipinski definition) is 2. The summed E-state index contributed by atoms with van der Waals surface area (Å²) in [6.07, 6.45) is 3.14. The van der Waals surface area contributed by atoms with Gasteiger partial charge in [0.25, 0.3) is 0 Å². The smallest absolute Gasteiger partial charge is 0.191 e. The van der Waals surface area contributed by atoms with Crippen molar-refractivity contribution in [3.8, 4) is 0 Å². The molecule has 0 saturated carbocycles. The van der Waals surface area contributed by atoms with Crippen molar-refractivity contribution in [2.45, 2.75) is 25.0 Å². The molecule has 12 heavy (non-hydrogen) atoms. The Kier molecular flexibility index (Phi) is 1.92. The Morgan fingerprint density at radius 1 is 1.42 bits per heavy atom. The maximum atomic E-state index is 5.72. The highest BCUT2D eigenvalue weighted by Crippen LogP contribution is 2.25. The number of hydrogen-bond donors (Lipinski definition) is 1. The Morgan fingerprint density at radius 2 is 2.00 bits per heavy atom. The lowest BCUT2D eigenvalue weighted by Gasteiger charge is -2.32. The average molecular weight is 169 g/mol. The number of fused-ring (bicyclic) bond motifs is 2. The number of ether oxygens (including phenoxy) is 1. The number of rotatable bonds is 0. The van der Waals surface area contributed by atoms with Gasteiger partial charge >= 0.3 is 0 Å². The minimum Gasteiger partial charge on any atom is -0.371 e. The topological polar surface area (TPSA) is 50.8 Å². The zero-order chi connectivity index (χ0) is 8.55. The van der Waals surface area contributed by atoms with E-state index in [0.29, 0.717) is 18.2 Å². The predicted molar refractivity (Wildman–Crippen MR) is 47.0 cm³/mol. The van der Waals surface area contributed by atoms with Gasteiger partial charge in [0.15, 0.2) is 5.96 Å². The highest BCUT2D eigenvalue weighted by molar-refractivity contribution is 5.78. The summed E-state index contributed by atoms with van der Waals surface area (Å²) in [5.74, 6) is 0.648.